The van der Waals surface area contributed by atoms with Crippen LogP contribution in [0.25, 0.3) is 5.69 Å². The van der Waals surface area contributed by atoms with E-state index in [2.05, 4.69) is 4.98 Å². The number of fused-ring (bicyclic) bond motifs is 2. The van der Waals surface area contributed by atoms with E-state index < -0.39 is 23.2 Å². The molecule has 2 N–H and O–H groups in total. The Labute approximate surface area is 189 Å². The summed E-state index contributed by atoms with van der Waals surface area (Å²) < 4.78 is 18.0. The molecular formula is C24H25N3O6. The summed E-state index contributed by atoms with van der Waals surface area (Å²) in [5.74, 6) is 1.11. The maximum absolute atomic E-state index is 13.1. The molecule has 0 radical (unpaired) electrons. The average Bonchev–Trinajstić information content (AvgIpc) is 3.27. The highest BCUT2D eigenvalue weighted by molar-refractivity contribution is 5.63. The van der Waals surface area contributed by atoms with E-state index in [1.165, 1.54) is 7.11 Å². The van der Waals surface area contributed by atoms with Gasteiger partial charge in [0.05, 0.1) is 24.4 Å². The lowest BCUT2D eigenvalue weighted by Crippen LogP contribution is -2.39. The minimum Gasteiger partial charge on any atom is -0.494 e. The molecule has 2 aliphatic rings. The number of hydrogen-bond acceptors (Lipinski definition) is 7. The summed E-state index contributed by atoms with van der Waals surface area (Å²) in [6, 6.07) is 8.50. The number of aromatic amines is 1. The summed E-state index contributed by atoms with van der Waals surface area (Å²) in [5.41, 5.74) is 1.91. The van der Waals surface area contributed by atoms with Gasteiger partial charge in [-0.3, -0.25) is 14.7 Å². The molecule has 0 aliphatic carbocycles. The minimum absolute atomic E-state index is 0.0646. The first-order valence-electron chi connectivity index (χ1n) is 10.8. The van der Waals surface area contributed by atoms with Gasteiger partial charge < -0.3 is 19.3 Å². The highest BCUT2D eigenvalue weighted by Crippen LogP contribution is 2.51. The fourth-order valence-electron chi connectivity index (χ4n) is 4.70. The SMILES string of the molecule is CCc1ccc(-n2c(O)c([C@H]3c4c(cc5c(c4OC)OCO5)CCN3C)c(=O)[nH]c2=O)cc1. The molecule has 1 aromatic heterocycles. The molecule has 0 amide bonds. The van der Waals surface area contributed by atoms with E-state index >= 15 is 0 Å². The van der Waals surface area contributed by atoms with Crippen LogP contribution in [-0.2, 0) is 12.8 Å². The van der Waals surface area contributed by atoms with Crippen LogP contribution >= 0.6 is 0 Å². The van der Waals surface area contributed by atoms with Crippen LogP contribution in [0.4, 0.5) is 0 Å². The number of likely N-dealkylation sites (N-methyl/N-ethyl adjacent to an activating group) is 1. The Morgan fingerprint density at radius 2 is 1.94 bits per heavy atom. The standard InChI is InChI=1S/C24H25N3O6/c1-4-13-5-7-15(8-6-13)27-23(29)18(22(28)25-24(27)30)19-17-14(9-10-26(19)2)11-16-20(21(17)31-3)33-12-32-16/h5-8,11,19,29H,4,9-10,12H2,1-3H3,(H,25,28,30)/t19-/m1/s1. The molecule has 2 aromatic carbocycles. The predicted molar refractivity (Wildman–Crippen MR) is 121 cm³/mol. The molecule has 3 heterocycles. The van der Waals surface area contributed by atoms with Gasteiger partial charge in [0.1, 0.15) is 0 Å². The predicted octanol–water partition coefficient (Wildman–Crippen LogP) is 2.11. The smallest absolute Gasteiger partial charge is 0.335 e. The topological polar surface area (TPSA) is 106 Å². The molecule has 1 atom stereocenters. The van der Waals surface area contributed by atoms with E-state index in [-0.39, 0.29) is 12.4 Å². The zero-order valence-corrected chi connectivity index (χ0v) is 18.7. The summed E-state index contributed by atoms with van der Waals surface area (Å²) in [5, 5.41) is 11.3. The van der Waals surface area contributed by atoms with Gasteiger partial charge in [0.25, 0.3) is 5.56 Å². The number of nitrogens with one attached hydrogen (secondary N) is 1. The lowest BCUT2D eigenvalue weighted by atomic mass is 9.87. The fraction of sp³-hybridized carbons (Fsp3) is 0.333. The number of rotatable bonds is 4. The molecule has 172 valence electrons. The summed E-state index contributed by atoms with van der Waals surface area (Å²) in [6.45, 7) is 2.75. The molecule has 0 spiro atoms. The lowest BCUT2D eigenvalue weighted by molar-refractivity contribution is 0.170. The molecule has 5 rings (SSSR count). The third kappa shape index (κ3) is 3.27. The van der Waals surface area contributed by atoms with Crippen molar-refractivity contribution in [3.8, 4) is 28.8 Å². The first kappa shape index (κ1) is 21.1. The molecule has 33 heavy (non-hydrogen) atoms. The third-order valence-electron chi connectivity index (χ3n) is 6.39. The van der Waals surface area contributed by atoms with Crippen molar-refractivity contribution in [2.75, 3.05) is 27.5 Å². The van der Waals surface area contributed by atoms with Gasteiger partial charge in [-0.15, -0.1) is 0 Å². The Kier molecular flexibility index (Phi) is 5.13. The highest BCUT2D eigenvalue weighted by Gasteiger charge is 2.38. The first-order chi connectivity index (χ1) is 15.9. The second-order valence-corrected chi connectivity index (χ2v) is 8.20. The quantitative estimate of drug-likeness (QED) is 0.626. The van der Waals surface area contributed by atoms with Crippen molar-refractivity contribution in [2.45, 2.75) is 25.8 Å². The number of hydrogen-bond donors (Lipinski definition) is 2. The number of methoxy groups -OCH3 is 1. The van der Waals surface area contributed by atoms with Crippen molar-refractivity contribution in [3.05, 3.63) is 73.4 Å². The summed E-state index contributed by atoms with van der Waals surface area (Å²) in [7, 11) is 3.39. The van der Waals surface area contributed by atoms with E-state index in [9.17, 15) is 14.7 Å². The summed E-state index contributed by atoms with van der Waals surface area (Å²) >= 11 is 0. The number of benzene rings is 2. The van der Waals surface area contributed by atoms with Gasteiger partial charge in [-0.2, -0.15) is 0 Å². The Balaban J connectivity index is 1.76. The Morgan fingerprint density at radius 3 is 2.64 bits per heavy atom. The van der Waals surface area contributed by atoms with Gasteiger partial charge >= 0.3 is 5.69 Å². The largest absolute Gasteiger partial charge is 0.494 e. The summed E-state index contributed by atoms with van der Waals surface area (Å²) in [6.07, 6.45) is 1.55. The van der Waals surface area contributed by atoms with Crippen LogP contribution in [0.3, 0.4) is 0 Å². The first-order valence-corrected chi connectivity index (χ1v) is 10.8. The van der Waals surface area contributed by atoms with Crippen LogP contribution in [-0.4, -0.2) is 47.1 Å². The second kappa shape index (κ2) is 8.00. The van der Waals surface area contributed by atoms with Gasteiger partial charge in [-0.25, -0.2) is 9.36 Å². The van der Waals surface area contributed by atoms with Crippen molar-refractivity contribution >= 4 is 0 Å². The maximum Gasteiger partial charge on any atom is 0.335 e. The maximum atomic E-state index is 13.1. The zero-order chi connectivity index (χ0) is 23.3. The molecule has 0 bridgehead atoms. The molecular weight excluding hydrogens is 426 g/mol. The van der Waals surface area contributed by atoms with Crippen LogP contribution in [0.5, 0.6) is 23.1 Å². The average molecular weight is 451 g/mol. The normalized spacial score (nSPS) is 17.1. The molecule has 2 aliphatic heterocycles. The van der Waals surface area contributed by atoms with Gasteiger partial charge in [0.15, 0.2) is 11.5 Å². The Bertz CT molecular complexity index is 1340. The van der Waals surface area contributed by atoms with E-state index in [1.54, 1.807) is 12.1 Å². The number of aryl methyl sites for hydroxylation is 1. The van der Waals surface area contributed by atoms with Crippen molar-refractivity contribution in [3.63, 3.8) is 0 Å². The van der Waals surface area contributed by atoms with E-state index in [0.717, 1.165) is 22.1 Å². The third-order valence-corrected chi connectivity index (χ3v) is 6.39. The molecule has 0 unspecified atom stereocenters. The lowest BCUT2D eigenvalue weighted by Gasteiger charge is -2.35. The summed E-state index contributed by atoms with van der Waals surface area (Å²) in [4.78, 5) is 30.1. The molecule has 3 aromatic rings. The van der Waals surface area contributed by atoms with Gasteiger partial charge in [-0.1, -0.05) is 19.1 Å². The van der Waals surface area contributed by atoms with Crippen molar-refractivity contribution in [1.82, 2.24) is 14.5 Å². The highest BCUT2D eigenvalue weighted by atomic mass is 16.7. The van der Waals surface area contributed by atoms with E-state index in [1.807, 2.05) is 37.1 Å². The number of ether oxygens (including phenoxy) is 3. The van der Waals surface area contributed by atoms with Crippen molar-refractivity contribution < 1.29 is 19.3 Å². The number of aromatic hydroxyl groups is 1. The van der Waals surface area contributed by atoms with Gasteiger partial charge in [0.2, 0.25) is 18.4 Å². The van der Waals surface area contributed by atoms with Crippen LogP contribution < -0.4 is 25.5 Å². The van der Waals surface area contributed by atoms with Gasteiger partial charge in [0, 0.05) is 12.1 Å². The van der Waals surface area contributed by atoms with Crippen LogP contribution in [0, 0.1) is 0 Å². The second-order valence-electron chi connectivity index (χ2n) is 8.20. The zero-order valence-electron chi connectivity index (χ0n) is 18.7. The van der Waals surface area contributed by atoms with Crippen molar-refractivity contribution in [1.29, 1.82) is 0 Å². The molecule has 0 fully saturated rings. The number of H-pyrrole nitrogens is 1. The number of aromatic nitrogens is 2. The Hall–Kier alpha value is -3.72. The Morgan fingerprint density at radius 1 is 1.18 bits per heavy atom. The molecule has 0 saturated carbocycles. The van der Waals surface area contributed by atoms with Crippen molar-refractivity contribution in [2.24, 2.45) is 0 Å². The van der Waals surface area contributed by atoms with E-state index in [4.69, 9.17) is 14.2 Å². The monoisotopic (exact) mass is 451 g/mol. The van der Waals surface area contributed by atoms with Crippen LogP contribution in [0.15, 0.2) is 39.9 Å². The van der Waals surface area contributed by atoms with Crippen LogP contribution in [0.2, 0.25) is 0 Å². The molecule has 9 nitrogen and oxygen atoms in total. The van der Waals surface area contributed by atoms with Crippen LogP contribution in [0.1, 0.15) is 35.2 Å². The molecule has 0 saturated heterocycles. The number of nitrogens with zero attached hydrogens (tertiary/aromatic N) is 2. The van der Waals surface area contributed by atoms with Gasteiger partial charge in [-0.05, 0) is 49.2 Å². The fourth-order valence-corrected chi connectivity index (χ4v) is 4.70. The van der Waals surface area contributed by atoms with E-state index in [0.29, 0.717) is 41.5 Å². The minimum atomic E-state index is -0.707. The molecule has 9 heteroatoms.